The first-order chi connectivity index (χ1) is 6.41. The molecule has 0 aromatic carbocycles. The van der Waals surface area contributed by atoms with E-state index in [2.05, 4.69) is 25.3 Å². The molecular formula is C11H24O2S. The maximum absolute atomic E-state index is 8.08. The lowest BCUT2D eigenvalue weighted by atomic mass is 10.4. The Bertz CT molecular complexity index is 101. The fourth-order valence-corrected chi connectivity index (χ4v) is 1.53. The SMILES string of the molecule is C1CCSC1.C=CCC.CC(C)(O)O. The summed E-state index contributed by atoms with van der Waals surface area (Å²) in [5.74, 6) is 1.33. The molecule has 0 unspecified atom stereocenters. The predicted molar refractivity (Wildman–Crippen MR) is 65.6 cm³/mol. The van der Waals surface area contributed by atoms with Crippen LogP contribution >= 0.6 is 11.8 Å². The highest BCUT2D eigenvalue weighted by Gasteiger charge is 2.00. The van der Waals surface area contributed by atoms with Crippen LogP contribution in [0.15, 0.2) is 12.7 Å². The van der Waals surface area contributed by atoms with Gasteiger partial charge in [-0.2, -0.15) is 11.8 Å². The van der Waals surface area contributed by atoms with Gasteiger partial charge in [0.1, 0.15) is 0 Å². The largest absolute Gasteiger partial charge is 0.366 e. The Labute approximate surface area is 92.4 Å². The summed E-state index contributed by atoms with van der Waals surface area (Å²) in [6, 6.07) is 0. The first-order valence-electron chi connectivity index (χ1n) is 5.05. The maximum atomic E-state index is 8.08. The molecule has 1 rings (SSSR count). The molecule has 1 aliphatic heterocycles. The van der Waals surface area contributed by atoms with Crippen molar-refractivity contribution in [2.24, 2.45) is 0 Å². The van der Waals surface area contributed by atoms with Crippen LogP contribution in [0.25, 0.3) is 0 Å². The molecule has 0 aliphatic carbocycles. The van der Waals surface area contributed by atoms with Crippen LogP contribution in [-0.2, 0) is 0 Å². The van der Waals surface area contributed by atoms with Gasteiger partial charge in [-0.25, -0.2) is 0 Å². The zero-order valence-corrected chi connectivity index (χ0v) is 10.4. The lowest BCUT2D eigenvalue weighted by Crippen LogP contribution is -2.15. The highest BCUT2D eigenvalue weighted by Crippen LogP contribution is 2.14. The van der Waals surface area contributed by atoms with Crippen molar-refractivity contribution < 1.29 is 10.2 Å². The van der Waals surface area contributed by atoms with E-state index in [4.69, 9.17) is 10.2 Å². The van der Waals surface area contributed by atoms with Gasteiger partial charge in [-0.05, 0) is 44.6 Å². The lowest BCUT2D eigenvalue weighted by molar-refractivity contribution is -0.127. The fraction of sp³-hybridized carbons (Fsp3) is 0.818. The van der Waals surface area contributed by atoms with Gasteiger partial charge in [0.05, 0.1) is 0 Å². The molecule has 1 saturated heterocycles. The zero-order valence-electron chi connectivity index (χ0n) is 9.62. The van der Waals surface area contributed by atoms with Crippen molar-refractivity contribution in [1.82, 2.24) is 0 Å². The van der Waals surface area contributed by atoms with Gasteiger partial charge in [-0.1, -0.05) is 13.0 Å². The van der Waals surface area contributed by atoms with E-state index in [9.17, 15) is 0 Å². The van der Waals surface area contributed by atoms with Gasteiger partial charge in [0.2, 0.25) is 0 Å². The van der Waals surface area contributed by atoms with Crippen LogP contribution in [0.1, 0.15) is 40.0 Å². The van der Waals surface area contributed by atoms with E-state index in [0.717, 1.165) is 6.42 Å². The molecule has 0 bridgehead atoms. The Balaban J connectivity index is 0. The normalized spacial score (nSPS) is 14.6. The Hall–Kier alpha value is 0.01000. The van der Waals surface area contributed by atoms with Crippen LogP contribution in [0.5, 0.6) is 0 Å². The van der Waals surface area contributed by atoms with Gasteiger partial charge in [0.15, 0.2) is 5.79 Å². The summed E-state index contributed by atoms with van der Waals surface area (Å²) in [6.45, 7) is 8.14. The first-order valence-corrected chi connectivity index (χ1v) is 6.20. The molecule has 0 aromatic rings. The average molecular weight is 220 g/mol. The number of allylic oxidation sites excluding steroid dienone is 1. The van der Waals surface area contributed by atoms with Gasteiger partial charge in [-0.15, -0.1) is 6.58 Å². The number of rotatable bonds is 1. The molecule has 1 aliphatic rings. The molecule has 0 aromatic heterocycles. The van der Waals surface area contributed by atoms with Crippen LogP contribution in [0.2, 0.25) is 0 Å². The van der Waals surface area contributed by atoms with E-state index < -0.39 is 5.79 Å². The fourth-order valence-electron chi connectivity index (χ4n) is 0.510. The van der Waals surface area contributed by atoms with Crippen LogP contribution in [0.3, 0.4) is 0 Å². The Morgan fingerprint density at radius 1 is 1.29 bits per heavy atom. The molecule has 0 saturated carbocycles. The predicted octanol–water partition coefficient (Wildman–Crippen LogP) is 2.80. The van der Waals surface area contributed by atoms with Gasteiger partial charge in [0.25, 0.3) is 0 Å². The molecule has 3 heteroatoms. The highest BCUT2D eigenvalue weighted by molar-refractivity contribution is 7.99. The number of hydrogen-bond acceptors (Lipinski definition) is 3. The van der Waals surface area contributed by atoms with Gasteiger partial charge < -0.3 is 10.2 Å². The van der Waals surface area contributed by atoms with E-state index in [1.165, 1.54) is 38.2 Å². The summed E-state index contributed by atoms with van der Waals surface area (Å²) in [4.78, 5) is 0. The summed E-state index contributed by atoms with van der Waals surface area (Å²) < 4.78 is 0. The number of thioether (sulfide) groups is 1. The average Bonchev–Trinajstić information content (AvgIpc) is 2.57. The second-order valence-electron chi connectivity index (χ2n) is 3.51. The smallest absolute Gasteiger partial charge is 0.156 e. The summed E-state index contributed by atoms with van der Waals surface area (Å²) in [7, 11) is 0. The molecule has 1 heterocycles. The second-order valence-corrected chi connectivity index (χ2v) is 4.74. The molecule has 1 fully saturated rings. The van der Waals surface area contributed by atoms with Gasteiger partial charge in [0, 0.05) is 0 Å². The monoisotopic (exact) mass is 220 g/mol. The highest BCUT2D eigenvalue weighted by atomic mass is 32.2. The molecule has 0 radical (unpaired) electrons. The van der Waals surface area contributed by atoms with E-state index in [1.54, 1.807) is 0 Å². The summed E-state index contributed by atoms with van der Waals surface area (Å²) in [6.07, 6.45) is 5.88. The maximum Gasteiger partial charge on any atom is 0.156 e. The lowest BCUT2D eigenvalue weighted by Gasteiger charge is -2.03. The van der Waals surface area contributed by atoms with E-state index in [1.807, 2.05) is 6.08 Å². The standard InChI is InChI=1S/C4H8S.C4H8.C3H8O2/c1-2-4-5-3-1;1-3-4-2;1-3(2,4)5/h1-4H2;3H,1,4H2,2H3;4-5H,1-2H3. The minimum Gasteiger partial charge on any atom is -0.366 e. The zero-order chi connectivity index (χ0) is 11.4. The van der Waals surface area contributed by atoms with Crippen LogP contribution in [0, 0.1) is 0 Å². The Morgan fingerprint density at radius 2 is 1.57 bits per heavy atom. The van der Waals surface area contributed by atoms with Crippen molar-refractivity contribution in [3.05, 3.63) is 12.7 Å². The summed E-state index contributed by atoms with van der Waals surface area (Å²) >= 11 is 2.07. The minimum atomic E-state index is -1.50. The van der Waals surface area contributed by atoms with E-state index in [-0.39, 0.29) is 0 Å². The van der Waals surface area contributed by atoms with Gasteiger partial charge in [-0.3, -0.25) is 0 Å². The second kappa shape index (κ2) is 11.1. The van der Waals surface area contributed by atoms with Crippen molar-refractivity contribution in [2.75, 3.05) is 11.5 Å². The van der Waals surface area contributed by atoms with Gasteiger partial charge >= 0.3 is 0 Å². The Morgan fingerprint density at radius 3 is 1.64 bits per heavy atom. The summed E-state index contributed by atoms with van der Waals surface area (Å²) in [5, 5.41) is 16.2. The molecule has 2 N–H and O–H groups in total. The molecule has 0 amide bonds. The molecule has 0 atom stereocenters. The molecule has 2 nitrogen and oxygen atoms in total. The van der Waals surface area contributed by atoms with Crippen molar-refractivity contribution >= 4 is 11.8 Å². The molecular weight excluding hydrogens is 196 g/mol. The molecule has 0 spiro atoms. The van der Waals surface area contributed by atoms with Crippen molar-refractivity contribution in [2.45, 2.75) is 45.8 Å². The van der Waals surface area contributed by atoms with E-state index >= 15 is 0 Å². The van der Waals surface area contributed by atoms with Crippen LogP contribution < -0.4 is 0 Å². The van der Waals surface area contributed by atoms with Crippen molar-refractivity contribution in [3.8, 4) is 0 Å². The van der Waals surface area contributed by atoms with Crippen LogP contribution in [-0.4, -0.2) is 27.5 Å². The topological polar surface area (TPSA) is 40.5 Å². The van der Waals surface area contributed by atoms with Crippen molar-refractivity contribution in [1.29, 1.82) is 0 Å². The molecule has 86 valence electrons. The quantitative estimate of drug-likeness (QED) is 0.527. The third kappa shape index (κ3) is 40.3. The van der Waals surface area contributed by atoms with Crippen molar-refractivity contribution in [3.63, 3.8) is 0 Å². The van der Waals surface area contributed by atoms with E-state index in [0.29, 0.717) is 0 Å². The third-order valence-electron chi connectivity index (χ3n) is 1.12. The summed E-state index contributed by atoms with van der Waals surface area (Å²) in [5.41, 5.74) is 0. The Kier molecular flexibility index (Phi) is 13.0. The third-order valence-corrected chi connectivity index (χ3v) is 2.27. The minimum absolute atomic E-state index is 1.08. The number of hydrogen-bond donors (Lipinski definition) is 2. The molecule has 14 heavy (non-hydrogen) atoms. The first kappa shape index (κ1) is 16.4. The van der Waals surface area contributed by atoms with Crippen LogP contribution in [0.4, 0.5) is 0 Å². The number of aliphatic hydroxyl groups is 2.